The lowest BCUT2D eigenvalue weighted by atomic mass is 9.99. The molecule has 2 aliphatic heterocycles. The van der Waals surface area contributed by atoms with E-state index >= 15 is 0 Å². The van der Waals surface area contributed by atoms with Crippen LogP contribution in [0.3, 0.4) is 0 Å². The van der Waals surface area contributed by atoms with Crippen LogP contribution in [0, 0.1) is 18.8 Å². The van der Waals surface area contributed by atoms with Gasteiger partial charge in [0, 0.05) is 11.8 Å². The molecule has 2 bridgehead atoms. The average Bonchev–Trinajstić information content (AvgIpc) is 3.75. The number of hydrogen-bond acceptors (Lipinski definition) is 16. The molecular weight excluding hydrogens is 688 g/mol. The molecule has 46 heavy (non-hydrogen) atoms. The minimum absolute atomic E-state index is 0.0152. The lowest BCUT2D eigenvalue weighted by Gasteiger charge is -2.28. The number of aliphatic hydroxyl groups is 2. The monoisotopic (exact) mass is 717 g/mol. The van der Waals surface area contributed by atoms with E-state index in [0.29, 0.717) is 17.0 Å². The third-order valence-corrected chi connectivity index (χ3v) is 11.6. The number of fused-ring (bicyclic) bond motifs is 5. The number of aromatic nitrogens is 8. The third-order valence-electron chi connectivity index (χ3n) is 8.38. The maximum Gasteiger partial charge on any atom is 0.386 e. The highest BCUT2D eigenvalue weighted by atomic mass is 32.7. The van der Waals surface area contributed by atoms with E-state index in [1.54, 1.807) is 11.5 Å². The second kappa shape index (κ2) is 11.9. The second-order valence-corrected chi connectivity index (χ2v) is 16.9. The van der Waals surface area contributed by atoms with E-state index < -0.39 is 80.9 Å². The molecule has 1 saturated carbocycles. The van der Waals surface area contributed by atoms with Crippen molar-refractivity contribution in [3.63, 3.8) is 0 Å². The van der Waals surface area contributed by atoms with Crippen molar-refractivity contribution >= 4 is 66.2 Å². The predicted molar refractivity (Wildman–Crippen MR) is 165 cm³/mol. The number of aromatic amines is 1. The van der Waals surface area contributed by atoms with Crippen molar-refractivity contribution < 1.29 is 42.2 Å². The lowest BCUT2D eigenvalue weighted by Crippen LogP contribution is -2.33. The number of rotatable bonds is 3. The number of aliphatic hydroxyl groups excluding tert-OH is 2. The topological polar surface area (TPSA) is 254 Å². The first-order valence-corrected chi connectivity index (χ1v) is 19.4. The molecule has 10 atom stereocenters. The molecule has 0 aromatic carbocycles. The Morgan fingerprint density at radius 1 is 1.02 bits per heavy atom. The Bertz CT molecular complexity index is 1960. The fourth-order valence-corrected chi connectivity index (χ4v) is 9.31. The van der Waals surface area contributed by atoms with Crippen molar-refractivity contribution in [3.8, 4) is 0 Å². The first-order chi connectivity index (χ1) is 21.9. The number of imidazole rings is 2. The summed E-state index contributed by atoms with van der Waals surface area (Å²) in [6, 6.07) is -0.712. The molecule has 0 amide bonds. The van der Waals surface area contributed by atoms with Gasteiger partial charge in [-0.25, -0.2) is 34.0 Å². The third kappa shape index (κ3) is 5.70. The number of nitrogen functional groups attached to an aromatic ring is 1. The van der Waals surface area contributed by atoms with Gasteiger partial charge in [-0.1, -0.05) is 24.5 Å². The minimum atomic E-state index is -4.24. The number of anilines is 1. The van der Waals surface area contributed by atoms with Crippen LogP contribution < -0.4 is 11.3 Å². The van der Waals surface area contributed by atoms with Crippen LogP contribution in [0.5, 0.6) is 0 Å². The molecule has 19 nitrogen and oxygen atoms in total. The highest BCUT2D eigenvalue weighted by Gasteiger charge is 2.52. The number of nitrogens with one attached hydrogen (secondary N) is 1. The van der Waals surface area contributed by atoms with Gasteiger partial charge in [0.05, 0.1) is 44.6 Å². The molecule has 5 N–H and O–H groups in total. The summed E-state index contributed by atoms with van der Waals surface area (Å²) in [5.74, 6) is -1.18. The second-order valence-electron chi connectivity index (χ2n) is 11.2. The van der Waals surface area contributed by atoms with Crippen molar-refractivity contribution in [1.82, 2.24) is 39.0 Å². The van der Waals surface area contributed by atoms with Gasteiger partial charge in [-0.05, 0) is 13.3 Å². The van der Waals surface area contributed by atoms with E-state index in [0.717, 1.165) is 0 Å². The van der Waals surface area contributed by atoms with Crippen LogP contribution in [0.4, 0.5) is 5.82 Å². The zero-order valence-corrected chi connectivity index (χ0v) is 27.4. The Morgan fingerprint density at radius 3 is 2.48 bits per heavy atom. The van der Waals surface area contributed by atoms with E-state index in [9.17, 15) is 24.1 Å². The Hall–Kier alpha value is -2.42. The van der Waals surface area contributed by atoms with Gasteiger partial charge in [0.15, 0.2) is 28.9 Å². The number of aryl methyl sites for hydroxylation is 1. The molecule has 0 radical (unpaired) electrons. The lowest BCUT2D eigenvalue weighted by molar-refractivity contribution is -0.0501. The molecule has 3 aliphatic rings. The molecule has 7 rings (SSSR count). The Kier molecular flexibility index (Phi) is 8.33. The van der Waals surface area contributed by atoms with Gasteiger partial charge in [0.25, 0.3) is 5.56 Å². The van der Waals surface area contributed by atoms with Crippen LogP contribution in [-0.2, 0) is 32.0 Å². The number of H-pyrrole nitrogens is 1. The van der Waals surface area contributed by atoms with Gasteiger partial charge in [0.2, 0.25) is 0 Å². The van der Waals surface area contributed by atoms with Crippen molar-refractivity contribution in [2.24, 2.45) is 11.8 Å². The summed E-state index contributed by atoms with van der Waals surface area (Å²) < 4.78 is 59.6. The molecule has 6 heterocycles. The van der Waals surface area contributed by atoms with E-state index in [1.807, 2.05) is 0 Å². The SMILES string of the molecule is Cc1nc2c(ncn2[C@@H]2O[C@@H]3CO[P@](=O)(S)O[C@@H]4[C@@H](CO[P@@](=O)(S)O[C@@H]2[C@@H]3CO)C[C@@H](n2cnc3c(N)ncnc32)[C@@H]4O)c(=O)[nH]1. The van der Waals surface area contributed by atoms with Gasteiger partial charge in [-0.2, -0.15) is 0 Å². The van der Waals surface area contributed by atoms with E-state index in [1.165, 1.54) is 23.5 Å². The highest BCUT2D eigenvalue weighted by molar-refractivity contribution is 8.44. The number of ether oxygens (including phenoxy) is 1. The molecule has 0 unspecified atom stereocenters. The Labute approximate surface area is 269 Å². The zero-order valence-electron chi connectivity index (χ0n) is 23.8. The van der Waals surface area contributed by atoms with Crippen molar-refractivity contribution in [1.29, 1.82) is 0 Å². The van der Waals surface area contributed by atoms with Crippen LogP contribution in [0.2, 0.25) is 0 Å². The fraction of sp³-hybridized carbons (Fsp3) is 0.565. The maximum atomic E-state index is 13.7. The summed E-state index contributed by atoms with van der Waals surface area (Å²) in [6.45, 7) is -8.15. The quantitative estimate of drug-likeness (QED) is 0.128. The average molecular weight is 718 g/mol. The maximum absolute atomic E-state index is 13.7. The zero-order chi connectivity index (χ0) is 32.5. The van der Waals surface area contributed by atoms with Crippen LogP contribution >= 0.6 is 38.1 Å². The predicted octanol–water partition coefficient (Wildman–Crippen LogP) is 1.17. The largest absolute Gasteiger partial charge is 0.396 e. The van der Waals surface area contributed by atoms with Crippen molar-refractivity contribution in [2.45, 2.75) is 50.0 Å². The summed E-state index contributed by atoms with van der Waals surface area (Å²) in [5, 5.41) is 21.8. The van der Waals surface area contributed by atoms with Gasteiger partial charge < -0.3 is 34.8 Å². The van der Waals surface area contributed by atoms with Crippen molar-refractivity contribution in [3.05, 3.63) is 35.2 Å². The first kappa shape index (κ1) is 32.1. The van der Waals surface area contributed by atoms with Gasteiger partial charge >= 0.3 is 13.6 Å². The van der Waals surface area contributed by atoms with E-state index in [2.05, 4.69) is 54.4 Å². The van der Waals surface area contributed by atoms with Crippen LogP contribution in [-0.4, -0.2) is 93.5 Å². The number of thiol groups is 2. The fourth-order valence-electron chi connectivity index (χ4n) is 6.25. The summed E-state index contributed by atoms with van der Waals surface area (Å²) >= 11 is 8.38. The number of nitrogens with two attached hydrogens (primary N) is 1. The molecule has 1 aliphatic carbocycles. The molecule has 4 aromatic heterocycles. The summed E-state index contributed by atoms with van der Waals surface area (Å²) in [6.07, 6.45) is -1.66. The van der Waals surface area contributed by atoms with Gasteiger partial charge in [-0.15, -0.1) is 0 Å². The standard InChI is InChI=1S/C23H29N9O10P2S2/c1-9-29-21-15(22(35)30-9)28-8-32(21)23-18-11(3-33)13(40-23)5-39-44(37,46)41-17-10(4-38-43(36,45)42-18)2-12(16(17)34)31-7-27-14-19(24)25-6-26-20(14)31/h6-8,10-13,16-18,23,33-34H,2-5H2,1H3,(H,36,45)(H,37,46)(H2,24,25,26)(H,29,30,35)/t10-,11-,12-,13-,16+,17-,18-,23-,43-,44+/m1/s1. The minimum Gasteiger partial charge on any atom is -0.396 e. The molecular formula is C23H29N9O10P2S2. The first-order valence-electron chi connectivity index (χ1n) is 14.0. The van der Waals surface area contributed by atoms with Crippen LogP contribution in [0.25, 0.3) is 22.3 Å². The van der Waals surface area contributed by atoms with E-state index in [4.69, 9.17) is 28.6 Å². The number of hydrogen-bond donors (Lipinski definition) is 6. The van der Waals surface area contributed by atoms with Crippen LogP contribution in [0.15, 0.2) is 23.8 Å². The smallest absolute Gasteiger partial charge is 0.386 e. The number of nitrogens with zero attached hydrogens (tertiary/aromatic N) is 7. The molecule has 23 heteroatoms. The molecule has 0 spiro atoms. The van der Waals surface area contributed by atoms with Crippen LogP contribution in [0.1, 0.15) is 24.5 Å². The molecule has 248 valence electrons. The van der Waals surface area contributed by atoms with Gasteiger partial charge in [-0.3, -0.25) is 22.9 Å². The molecule has 4 aromatic rings. The molecule has 3 fully saturated rings. The Morgan fingerprint density at radius 2 is 1.72 bits per heavy atom. The highest BCUT2D eigenvalue weighted by Crippen LogP contribution is 2.61. The summed E-state index contributed by atoms with van der Waals surface area (Å²) in [7, 11) is 0. The summed E-state index contributed by atoms with van der Waals surface area (Å²) in [5.41, 5.74) is 6.29. The Balaban J connectivity index is 1.22. The normalized spacial score (nSPS) is 37.2. The summed E-state index contributed by atoms with van der Waals surface area (Å²) in [4.78, 5) is 36.0. The van der Waals surface area contributed by atoms with E-state index in [-0.39, 0.29) is 30.0 Å². The molecule has 2 saturated heterocycles. The van der Waals surface area contributed by atoms with Crippen molar-refractivity contribution in [2.75, 3.05) is 25.6 Å². The van der Waals surface area contributed by atoms with Gasteiger partial charge in [0.1, 0.15) is 36.0 Å².